The van der Waals surface area contributed by atoms with Gasteiger partial charge >= 0.3 is 0 Å². The molecule has 0 saturated heterocycles. The Bertz CT molecular complexity index is 750. The molecule has 9 heteroatoms. The van der Waals surface area contributed by atoms with Crippen LogP contribution in [0.25, 0.3) is 0 Å². The first-order valence-corrected chi connectivity index (χ1v) is 9.48. The zero-order chi connectivity index (χ0) is 20.5. The minimum atomic E-state index is -0.274. The zero-order valence-electron chi connectivity index (χ0n) is 17.7. The quantitative estimate of drug-likeness (QED) is 0.304. The minimum Gasteiger partial charge on any atom is -0.489 e. The monoisotopic (exact) mass is 518 g/mol. The molecule has 1 aromatic carbocycles. The summed E-state index contributed by atoms with van der Waals surface area (Å²) in [6.45, 7) is 5.92. The van der Waals surface area contributed by atoms with Crippen molar-refractivity contribution < 1.29 is 9.13 Å². The Labute approximate surface area is 189 Å². The van der Waals surface area contributed by atoms with Crippen molar-refractivity contribution in [3.8, 4) is 5.75 Å². The van der Waals surface area contributed by atoms with Gasteiger partial charge in [-0.25, -0.2) is 4.39 Å². The third-order valence-electron chi connectivity index (χ3n) is 4.21. The van der Waals surface area contributed by atoms with Gasteiger partial charge in [-0.2, -0.15) is 5.10 Å². The van der Waals surface area contributed by atoms with E-state index >= 15 is 0 Å². The summed E-state index contributed by atoms with van der Waals surface area (Å²) < 4.78 is 20.6. The molecule has 7 nitrogen and oxygen atoms in total. The molecule has 162 valence electrons. The summed E-state index contributed by atoms with van der Waals surface area (Å²) in [5.74, 6) is 1.10. The molecule has 29 heavy (non-hydrogen) atoms. The van der Waals surface area contributed by atoms with Crippen molar-refractivity contribution in [1.29, 1.82) is 0 Å². The molecular weight excluding hydrogens is 486 g/mol. The van der Waals surface area contributed by atoms with E-state index in [9.17, 15) is 4.39 Å². The molecule has 0 aliphatic rings. The molecule has 2 rings (SSSR count). The number of aromatic nitrogens is 2. The Kier molecular flexibility index (Phi) is 11.0. The Morgan fingerprint density at radius 2 is 1.97 bits per heavy atom. The van der Waals surface area contributed by atoms with Gasteiger partial charge in [0.05, 0.1) is 25.3 Å². The normalized spacial score (nSPS) is 13.6. The highest BCUT2D eigenvalue weighted by molar-refractivity contribution is 14.0. The SMILES string of the molecule is CCNC(=NCC(c1cnn(C)c1)N(C)C)NCC(C)Oc1ccc(F)cc1.I. The topological polar surface area (TPSA) is 66.7 Å². The maximum absolute atomic E-state index is 13.0. The molecule has 0 aliphatic carbocycles. The molecule has 1 heterocycles. The van der Waals surface area contributed by atoms with Gasteiger partial charge in [-0.1, -0.05) is 0 Å². The fourth-order valence-electron chi connectivity index (χ4n) is 2.73. The summed E-state index contributed by atoms with van der Waals surface area (Å²) in [5.41, 5.74) is 1.13. The van der Waals surface area contributed by atoms with Crippen LogP contribution in [0.4, 0.5) is 4.39 Å². The molecule has 0 aliphatic heterocycles. The van der Waals surface area contributed by atoms with Crippen molar-refractivity contribution in [3.05, 3.63) is 48.0 Å². The predicted octanol–water partition coefficient (Wildman–Crippen LogP) is 2.80. The maximum atomic E-state index is 13.0. The number of guanidine groups is 1. The Morgan fingerprint density at radius 1 is 1.28 bits per heavy atom. The summed E-state index contributed by atoms with van der Waals surface area (Å²) in [5, 5.41) is 10.8. The van der Waals surface area contributed by atoms with Crippen LogP contribution in [0, 0.1) is 5.82 Å². The number of rotatable bonds is 9. The molecule has 2 N–H and O–H groups in total. The standard InChI is InChI=1S/C20H31FN6O.HI/c1-6-22-20(23-11-15(2)28-18-9-7-17(21)8-10-18)24-13-19(26(3)4)16-12-25-27(5)14-16;/h7-10,12,14-15,19H,6,11,13H2,1-5H3,(H2,22,23,24);1H. The highest BCUT2D eigenvalue weighted by atomic mass is 127. The summed E-state index contributed by atoms with van der Waals surface area (Å²) in [6.07, 6.45) is 3.79. The minimum absolute atomic E-state index is 0. The number of hydrogen-bond donors (Lipinski definition) is 2. The van der Waals surface area contributed by atoms with Gasteiger partial charge in [0.1, 0.15) is 17.7 Å². The Balaban J connectivity index is 0.00000420. The summed E-state index contributed by atoms with van der Waals surface area (Å²) in [4.78, 5) is 6.85. The summed E-state index contributed by atoms with van der Waals surface area (Å²) in [7, 11) is 5.98. The second kappa shape index (κ2) is 12.6. The number of nitrogens with one attached hydrogen (secondary N) is 2. The maximum Gasteiger partial charge on any atom is 0.191 e. The molecule has 0 amide bonds. The molecule has 2 aromatic rings. The van der Waals surface area contributed by atoms with Crippen molar-refractivity contribution >= 4 is 29.9 Å². The van der Waals surface area contributed by atoms with E-state index in [1.807, 2.05) is 47.4 Å². The number of halogens is 2. The summed E-state index contributed by atoms with van der Waals surface area (Å²) in [6, 6.07) is 6.17. The molecular formula is C20H32FIN6O. The van der Waals surface area contributed by atoms with Crippen LogP contribution >= 0.6 is 24.0 Å². The van der Waals surface area contributed by atoms with Crippen molar-refractivity contribution in [2.24, 2.45) is 12.0 Å². The van der Waals surface area contributed by atoms with Crippen LogP contribution < -0.4 is 15.4 Å². The van der Waals surface area contributed by atoms with Gasteiger partial charge in [-0.05, 0) is 52.2 Å². The number of ether oxygens (including phenoxy) is 1. The first-order chi connectivity index (χ1) is 13.4. The molecule has 0 fully saturated rings. The lowest BCUT2D eigenvalue weighted by Crippen LogP contribution is -2.42. The van der Waals surface area contributed by atoms with Gasteiger partial charge < -0.3 is 20.3 Å². The lowest BCUT2D eigenvalue weighted by molar-refractivity contribution is 0.223. The van der Waals surface area contributed by atoms with Crippen LogP contribution in [-0.2, 0) is 7.05 Å². The predicted molar refractivity (Wildman–Crippen MR) is 126 cm³/mol. The molecule has 2 atom stereocenters. The van der Waals surface area contributed by atoms with E-state index < -0.39 is 0 Å². The summed E-state index contributed by atoms with van der Waals surface area (Å²) >= 11 is 0. The van der Waals surface area contributed by atoms with Gasteiger partial charge in [0.15, 0.2) is 5.96 Å². The second-order valence-electron chi connectivity index (χ2n) is 6.91. The molecule has 0 radical (unpaired) electrons. The second-order valence-corrected chi connectivity index (χ2v) is 6.91. The van der Waals surface area contributed by atoms with Crippen molar-refractivity contribution in [3.63, 3.8) is 0 Å². The first kappa shape index (κ1) is 25.2. The molecule has 0 bridgehead atoms. The van der Waals surface area contributed by atoms with Crippen LogP contribution in [0.2, 0.25) is 0 Å². The van der Waals surface area contributed by atoms with E-state index in [1.54, 1.807) is 16.8 Å². The van der Waals surface area contributed by atoms with Crippen molar-refractivity contribution in [2.45, 2.75) is 26.0 Å². The fraction of sp³-hybridized carbons (Fsp3) is 0.500. The highest BCUT2D eigenvalue weighted by Crippen LogP contribution is 2.17. The average Bonchev–Trinajstić information content (AvgIpc) is 3.07. The smallest absolute Gasteiger partial charge is 0.191 e. The van der Waals surface area contributed by atoms with Crippen LogP contribution in [0.1, 0.15) is 25.5 Å². The van der Waals surface area contributed by atoms with E-state index in [0.29, 0.717) is 18.8 Å². The number of hydrogen-bond acceptors (Lipinski definition) is 4. The van der Waals surface area contributed by atoms with E-state index in [4.69, 9.17) is 9.73 Å². The molecule has 2 unspecified atom stereocenters. The first-order valence-electron chi connectivity index (χ1n) is 9.48. The van der Waals surface area contributed by atoms with Gasteiger partial charge in [0.2, 0.25) is 0 Å². The number of aliphatic imine (C=N–C) groups is 1. The van der Waals surface area contributed by atoms with Crippen LogP contribution in [0.3, 0.4) is 0 Å². The Hall–Kier alpha value is -1.88. The number of aryl methyl sites for hydroxylation is 1. The zero-order valence-corrected chi connectivity index (χ0v) is 20.1. The van der Waals surface area contributed by atoms with E-state index in [0.717, 1.165) is 18.1 Å². The largest absolute Gasteiger partial charge is 0.489 e. The molecule has 0 spiro atoms. The third-order valence-corrected chi connectivity index (χ3v) is 4.21. The molecule has 0 saturated carbocycles. The number of nitrogens with zero attached hydrogens (tertiary/aromatic N) is 4. The lowest BCUT2D eigenvalue weighted by atomic mass is 10.1. The number of benzene rings is 1. The van der Waals surface area contributed by atoms with Gasteiger partial charge in [-0.3, -0.25) is 9.67 Å². The van der Waals surface area contributed by atoms with Gasteiger partial charge in [-0.15, -0.1) is 24.0 Å². The van der Waals surface area contributed by atoms with Gasteiger partial charge in [0, 0.05) is 25.4 Å². The average molecular weight is 518 g/mol. The fourth-order valence-corrected chi connectivity index (χ4v) is 2.73. The van der Waals surface area contributed by atoms with E-state index in [-0.39, 0.29) is 41.9 Å². The highest BCUT2D eigenvalue weighted by Gasteiger charge is 2.16. The van der Waals surface area contributed by atoms with Crippen LogP contribution in [0.15, 0.2) is 41.7 Å². The third kappa shape index (κ3) is 8.57. The Morgan fingerprint density at radius 3 is 2.52 bits per heavy atom. The lowest BCUT2D eigenvalue weighted by Gasteiger charge is -2.22. The van der Waals surface area contributed by atoms with Gasteiger partial charge in [0.25, 0.3) is 0 Å². The number of likely N-dealkylation sites (N-methyl/N-ethyl adjacent to an activating group) is 1. The van der Waals surface area contributed by atoms with Crippen LogP contribution in [-0.4, -0.2) is 60.5 Å². The van der Waals surface area contributed by atoms with Crippen molar-refractivity contribution in [1.82, 2.24) is 25.3 Å². The van der Waals surface area contributed by atoms with E-state index in [1.165, 1.54) is 12.1 Å². The van der Waals surface area contributed by atoms with Crippen LogP contribution in [0.5, 0.6) is 5.75 Å². The van der Waals surface area contributed by atoms with E-state index in [2.05, 4.69) is 20.6 Å². The van der Waals surface area contributed by atoms with Crippen molar-refractivity contribution in [2.75, 3.05) is 33.7 Å². The molecule has 1 aromatic heterocycles.